The summed E-state index contributed by atoms with van der Waals surface area (Å²) in [6.07, 6.45) is 0. The second-order valence-corrected chi connectivity index (χ2v) is 5.70. The van der Waals surface area contributed by atoms with Gasteiger partial charge in [-0.05, 0) is 11.8 Å². The summed E-state index contributed by atoms with van der Waals surface area (Å²) >= 11 is 6.18. The van der Waals surface area contributed by atoms with E-state index in [0.29, 0.717) is 0 Å². The fourth-order valence-corrected chi connectivity index (χ4v) is 3.96. The molecule has 6 heteroatoms. The third-order valence-electron chi connectivity index (χ3n) is 2.94. The number of urea groups is 1. The van der Waals surface area contributed by atoms with Gasteiger partial charge in [0, 0.05) is 0 Å². The molecule has 3 amide bonds. The second kappa shape index (κ2) is 4.05. The molecule has 0 bridgehead atoms. The summed E-state index contributed by atoms with van der Waals surface area (Å²) < 4.78 is 2.34. The molecule has 15 heavy (non-hydrogen) atoms. The van der Waals surface area contributed by atoms with E-state index in [4.69, 9.17) is 0 Å². The van der Waals surface area contributed by atoms with E-state index < -0.39 is 5.54 Å². The summed E-state index contributed by atoms with van der Waals surface area (Å²) in [5, 5.41) is 0. The number of rotatable bonds is 2. The summed E-state index contributed by atoms with van der Waals surface area (Å²) in [7, 11) is 0. The van der Waals surface area contributed by atoms with Crippen LogP contribution in [0.5, 0.6) is 0 Å². The van der Waals surface area contributed by atoms with Gasteiger partial charge in [0.1, 0.15) is 5.54 Å². The largest absolute Gasteiger partial charge is 0.348 e. The van der Waals surface area contributed by atoms with Crippen LogP contribution >= 0.6 is 32.3 Å². The number of carbonyl (C=O) groups is 2. The van der Waals surface area contributed by atoms with Crippen LogP contribution in [0.25, 0.3) is 0 Å². The Labute approximate surface area is 107 Å². The molecule has 0 aromatic heterocycles. The summed E-state index contributed by atoms with van der Waals surface area (Å²) in [4.78, 5) is 23.8. The maximum Gasteiger partial charge on any atom is 0.348 e. The highest BCUT2D eigenvalue weighted by Crippen LogP contribution is 2.43. The number of carbonyl (C=O) groups excluding carboxylic acids is 2. The van der Waals surface area contributed by atoms with Crippen molar-refractivity contribution in [2.45, 2.75) is 33.2 Å². The zero-order valence-corrected chi connectivity index (χ0v) is 12.3. The number of nitrogens with zero attached hydrogens (tertiary/aromatic N) is 2. The molecule has 0 aliphatic carbocycles. The van der Waals surface area contributed by atoms with Crippen LogP contribution in [0.3, 0.4) is 0 Å². The van der Waals surface area contributed by atoms with Gasteiger partial charge < -0.3 is 0 Å². The monoisotopic (exact) mass is 340 g/mol. The van der Waals surface area contributed by atoms with E-state index in [1.54, 1.807) is 0 Å². The predicted molar refractivity (Wildman–Crippen MR) is 64.3 cm³/mol. The number of amides is 3. The molecule has 0 saturated carbocycles. The van der Waals surface area contributed by atoms with Crippen molar-refractivity contribution in [1.82, 2.24) is 7.85 Å². The lowest BCUT2D eigenvalue weighted by atomic mass is 9.77. The Morgan fingerprint density at radius 1 is 1.07 bits per heavy atom. The van der Waals surface area contributed by atoms with Crippen molar-refractivity contribution in [2.24, 2.45) is 11.8 Å². The molecule has 1 heterocycles. The van der Waals surface area contributed by atoms with E-state index in [0.717, 1.165) is 3.93 Å². The summed E-state index contributed by atoms with van der Waals surface area (Å²) in [5.41, 5.74) is -0.805. The van der Waals surface area contributed by atoms with Gasteiger partial charge >= 0.3 is 6.03 Å². The lowest BCUT2D eigenvalue weighted by Crippen LogP contribution is -2.53. The molecule has 1 rings (SSSR count). The van der Waals surface area contributed by atoms with Crippen LogP contribution in [-0.2, 0) is 4.79 Å². The molecular weight excluding hydrogens is 328 g/mol. The Balaban J connectivity index is 3.31. The lowest BCUT2D eigenvalue weighted by molar-refractivity contribution is -0.132. The maximum absolute atomic E-state index is 12.1. The van der Waals surface area contributed by atoms with Gasteiger partial charge in [-0.3, -0.25) is 4.79 Å². The van der Waals surface area contributed by atoms with Gasteiger partial charge in [-0.1, -0.05) is 27.7 Å². The Bertz CT molecular complexity index is 296. The molecule has 0 aromatic carbocycles. The van der Waals surface area contributed by atoms with Gasteiger partial charge in [-0.25, -0.2) is 8.72 Å². The lowest BCUT2D eigenvalue weighted by Gasteiger charge is -2.38. The van der Waals surface area contributed by atoms with Gasteiger partial charge in [0.15, 0.2) is 0 Å². The van der Waals surface area contributed by atoms with Crippen molar-refractivity contribution in [3.05, 3.63) is 0 Å². The molecule has 0 aromatic rings. The molecule has 4 nitrogen and oxygen atoms in total. The summed E-state index contributed by atoms with van der Waals surface area (Å²) in [5.74, 6) is -0.138. The highest BCUT2D eigenvalue weighted by atomic mass is 79.9. The molecule has 0 unspecified atom stereocenters. The quantitative estimate of drug-likeness (QED) is 0.572. The third kappa shape index (κ3) is 1.53. The van der Waals surface area contributed by atoms with Crippen LogP contribution in [0.15, 0.2) is 0 Å². The summed E-state index contributed by atoms with van der Waals surface area (Å²) in [6.45, 7) is 7.74. The Kier molecular flexibility index (Phi) is 3.50. The van der Waals surface area contributed by atoms with E-state index in [-0.39, 0.29) is 23.8 Å². The zero-order chi connectivity index (χ0) is 12.0. The Morgan fingerprint density at radius 3 is 1.60 bits per heavy atom. The molecule has 86 valence electrons. The average Bonchev–Trinajstić information content (AvgIpc) is 2.29. The summed E-state index contributed by atoms with van der Waals surface area (Å²) in [6, 6.07) is -0.373. The third-order valence-corrected chi connectivity index (χ3v) is 4.46. The van der Waals surface area contributed by atoms with E-state index in [1.807, 2.05) is 27.7 Å². The highest BCUT2D eigenvalue weighted by Gasteiger charge is 2.60. The number of hydrogen-bond donors (Lipinski definition) is 0. The number of hydrogen-bond acceptors (Lipinski definition) is 2. The van der Waals surface area contributed by atoms with Crippen LogP contribution in [0.1, 0.15) is 27.7 Å². The second-order valence-electron chi connectivity index (χ2n) is 4.28. The van der Waals surface area contributed by atoms with Crippen LogP contribution in [-0.4, -0.2) is 25.3 Å². The van der Waals surface area contributed by atoms with E-state index in [1.165, 1.54) is 3.93 Å². The minimum atomic E-state index is -0.805. The van der Waals surface area contributed by atoms with Crippen molar-refractivity contribution >= 4 is 44.2 Å². The van der Waals surface area contributed by atoms with Crippen molar-refractivity contribution in [3.63, 3.8) is 0 Å². The van der Waals surface area contributed by atoms with Crippen LogP contribution in [0.2, 0.25) is 0 Å². The van der Waals surface area contributed by atoms with Crippen molar-refractivity contribution in [2.75, 3.05) is 0 Å². The Hall–Kier alpha value is -0.100. The first-order chi connectivity index (χ1) is 6.77. The van der Waals surface area contributed by atoms with Crippen LogP contribution in [0, 0.1) is 11.8 Å². The van der Waals surface area contributed by atoms with E-state index >= 15 is 0 Å². The fraction of sp³-hybridized carbons (Fsp3) is 0.778. The molecule has 1 aliphatic heterocycles. The smallest absolute Gasteiger partial charge is 0.271 e. The van der Waals surface area contributed by atoms with Crippen LogP contribution in [0.4, 0.5) is 4.79 Å². The Morgan fingerprint density at radius 2 is 1.47 bits per heavy atom. The van der Waals surface area contributed by atoms with Gasteiger partial charge in [-0.15, -0.1) is 0 Å². The predicted octanol–water partition coefficient (Wildman–Crippen LogP) is 2.92. The van der Waals surface area contributed by atoms with Crippen molar-refractivity contribution < 1.29 is 9.59 Å². The molecule has 0 spiro atoms. The standard InChI is InChI=1S/C9H14Br2N2O2/c1-5(2)9(6(3)4)7(14)12(10)8(15)13(9)11/h5-6H,1-4H3. The molecule has 1 fully saturated rings. The zero-order valence-electron chi connectivity index (χ0n) is 9.12. The molecule has 1 aliphatic rings. The first-order valence-electron chi connectivity index (χ1n) is 4.78. The first kappa shape index (κ1) is 13.0. The number of imide groups is 1. The maximum atomic E-state index is 12.1. The highest BCUT2D eigenvalue weighted by molar-refractivity contribution is 9.08. The molecule has 0 N–H and O–H groups in total. The fourth-order valence-electron chi connectivity index (χ4n) is 2.18. The number of halogens is 2. The van der Waals surface area contributed by atoms with E-state index in [2.05, 4.69) is 32.3 Å². The minimum absolute atomic E-state index is 0.0378. The van der Waals surface area contributed by atoms with Crippen LogP contribution < -0.4 is 0 Å². The molecular formula is C9H14Br2N2O2. The molecule has 0 radical (unpaired) electrons. The average molecular weight is 342 g/mol. The van der Waals surface area contributed by atoms with Gasteiger partial charge in [0.2, 0.25) is 0 Å². The van der Waals surface area contributed by atoms with Gasteiger partial charge in [-0.2, -0.15) is 3.93 Å². The molecule has 0 atom stereocenters. The van der Waals surface area contributed by atoms with Gasteiger partial charge in [0.25, 0.3) is 5.91 Å². The van der Waals surface area contributed by atoms with Crippen molar-refractivity contribution in [3.8, 4) is 0 Å². The van der Waals surface area contributed by atoms with Crippen molar-refractivity contribution in [1.29, 1.82) is 0 Å². The minimum Gasteiger partial charge on any atom is -0.271 e. The SMILES string of the molecule is CC(C)C1(C(C)C)C(=O)N(Br)C(=O)N1Br. The first-order valence-corrected chi connectivity index (χ1v) is 6.20. The van der Waals surface area contributed by atoms with Gasteiger partial charge in [0.05, 0.1) is 32.3 Å². The normalized spacial score (nSPS) is 21.1. The topological polar surface area (TPSA) is 40.6 Å². The molecule has 1 saturated heterocycles. The van der Waals surface area contributed by atoms with E-state index in [9.17, 15) is 9.59 Å².